The number of amidine groups is 1. The maximum absolute atomic E-state index is 5.49. The van der Waals surface area contributed by atoms with E-state index in [9.17, 15) is 0 Å². The molecule has 86 valence electrons. The highest BCUT2D eigenvalue weighted by Crippen LogP contribution is 2.10. The lowest BCUT2D eigenvalue weighted by molar-refractivity contribution is 1.13. The van der Waals surface area contributed by atoms with Crippen LogP contribution in [0.3, 0.4) is 0 Å². The number of thioether (sulfide) groups is 1. The van der Waals surface area contributed by atoms with Crippen molar-refractivity contribution in [3.05, 3.63) is 29.8 Å². The van der Waals surface area contributed by atoms with E-state index in [1.165, 1.54) is 11.8 Å². The van der Waals surface area contributed by atoms with E-state index in [-0.39, 0.29) is 0 Å². The highest BCUT2D eigenvalue weighted by atomic mass is 32.2. The van der Waals surface area contributed by atoms with Crippen molar-refractivity contribution >= 4 is 28.8 Å². The lowest BCUT2D eigenvalue weighted by atomic mass is 10.2. The molecule has 5 heteroatoms. The van der Waals surface area contributed by atoms with Gasteiger partial charge in [-0.2, -0.15) is 5.10 Å². The average Bonchev–Trinajstić information content (AvgIpc) is 2.29. The summed E-state index contributed by atoms with van der Waals surface area (Å²) < 4.78 is 0. The molecule has 0 amide bonds. The molecule has 0 saturated heterocycles. The molecule has 0 atom stereocenters. The molecule has 4 nitrogen and oxygen atoms in total. The van der Waals surface area contributed by atoms with Crippen molar-refractivity contribution in [2.24, 2.45) is 15.9 Å². The summed E-state index contributed by atoms with van der Waals surface area (Å²) in [5.41, 5.74) is 7.65. The van der Waals surface area contributed by atoms with Gasteiger partial charge in [0, 0.05) is 19.8 Å². The van der Waals surface area contributed by atoms with E-state index in [0.29, 0.717) is 5.17 Å². The largest absolute Gasteiger partial charge is 0.378 e. The maximum Gasteiger partial charge on any atom is 0.180 e. The fourth-order valence-electron chi connectivity index (χ4n) is 1.05. The molecule has 0 unspecified atom stereocenters. The van der Waals surface area contributed by atoms with Crippen LogP contribution in [0.5, 0.6) is 0 Å². The third-order valence-corrected chi connectivity index (χ3v) is 2.48. The van der Waals surface area contributed by atoms with Crippen molar-refractivity contribution in [3.8, 4) is 0 Å². The van der Waals surface area contributed by atoms with Crippen molar-refractivity contribution in [1.82, 2.24) is 0 Å². The van der Waals surface area contributed by atoms with Gasteiger partial charge in [-0.25, -0.2) is 0 Å². The van der Waals surface area contributed by atoms with Crippen molar-refractivity contribution in [2.45, 2.75) is 0 Å². The second-order valence-electron chi connectivity index (χ2n) is 3.37. The van der Waals surface area contributed by atoms with Gasteiger partial charge in [0.05, 0.1) is 6.21 Å². The van der Waals surface area contributed by atoms with Crippen molar-refractivity contribution in [1.29, 1.82) is 0 Å². The Hall–Kier alpha value is -1.49. The fraction of sp³-hybridized carbons (Fsp3) is 0.273. The number of hydrogen-bond donors (Lipinski definition) is 1. The summed E-state index contributed by atoms with van der Waals surface area (Å²) in [5, 5.41) is 8.16. The van der Waals surface area contributed by atoms with Crippen LogP contribution in [0.1, 0.15) is 5.56 Å². The zero-order valence-corrected chi connectivity index (χ0v) is 10.5. The van der Waals surface area contributed by atoms with Crippen LogP contribution in [0.2, 0.25) is 0 Å². The molecule has 2 N–H and O–H groups in total. The molecule has 0 aromatic heterocycles. The van der Waals surface area contributed by atoms with Crippen molar-refractivity contribution in [2.75, 3.05) is 25.3 Å². The molecular weight excluding hydrogens is 220 g/mol. The Morgan fingerprint density at radius 2 is 1.94 bits per heavy atom. The molecule has 1 aromatic carbocycles. The van der Waals surface area contributed by atoms with E-state index >= 15 is 0 Å². The summed E-state index contributed by atoms with van der Waals surface area (Å²) in [5.74, 6) is 0. The van der Waals surface area contributed by atoms with Gasteiger partial charge >= 0.3 is 0 Å². The first-order valence-corrected chi connectivity index (χ1v) is 6.04. The Morgan fingerprint density at radius 3 is 2.44 bits per heavy atom. The van der Waals surface area contributed by atoms with Gasteiger partial charge < -0.3 is 10.6 Å². The number of nitrogens with two attached hydrogens (primary N) is 1. The standard InChI is InChI=1S/C11H16N4S/c1-15(2)10-6-4-9(5-7-10)8-13-14-11(12)16-3/h4-8H,1-3H3,(H2,12,14)/b13-8-. The summed E-state index contributed by atoms with van der Waals surface area (Å²) in [6, 6.07) is 8.04. The number of anilines is 1. The molecule has 0 aliphatic carbocycles. The second-order valence-corrected chi connectivity index (χ2v) is 4.20. The Kier molecular flexibility index (Phi) is 4.85. The fourth-order valence-corrected chi connectivity index (χ4v) is 1.18. The first kappa shape index (κ1) is 12.6. The Morgan fingerprint density at radius 1 is 1.31 bits per heavy atom. The molecular formula is C11H16N4S. The van der Waals surface area contributed by atoms with Crippen LogP contribution in [0, 0.1) is 0 Å². The van der Waals surface area contributed by atoms with Crippen LogP contribution >= 0.6 is 11.8 Å². The quantitative estimate of drug-likeness (QED) is 0.494. The van der Waals surface area contributed by atoms with Gasteiger partial charge in [-0.05, 0) is 24.0 Å². The summed E-state index contributed by atoms with van der Waals surface area (Å²) in [7, 11) is 4.01. The van der Waals surface area contributed by atoms with Crippen LogP contribution in [-0.4, -0.2) is 31.7 Å². The maximum atomic E-state index is 5.49. The number of rotatable bonds is 3. The van der Waals surface area contributed by atoms with Gasteiger partial charge in [0.2, 0.25) is 0 Å². The molecule has 0 bridgehead atoms. The SMILES string of the molecule is CS/C(N)=N/N=C\c1ccc(N(C)C)cc1. The van der Waals surface area contributed by atoms with Gasteiger partial charge in [0.1, 0.15) is 0 Å². The molecule has 1 aromatic rings. The second kappa shape index (κ2) is 6.17. The molecule has 0 heterocycles. The molecule has 0 radical (unpaired) electrons. The van der Waals surface area contributed by atoms with E-state index in [1.54, 1.807) is 6.21 Å². The third kappa shape index (κ3) is 3.94. The molecule has 0 spiro atoms. The predicted octanol–water partition coefficient (Wildman–Crippen LogP) is 1.76. The highest BCUT2D eigenvalue weighted by molar-refractivity contribution is 8.13. The van der Waals surface area contributed by atoms with E-state index in [1.807, 2.05) is 49.5 Å². The number of hydrogen-bond acceptors (Lipinski definition) is 4. The minimum Gasteiger partial charge on any atom is -0.378 e. The zero-order chi connectivity index (χ0) is 12.0. The number of benzene rings is 1. The van der Waals surface area contributed by atoms with Crippen LogP contribution in [0.4, 0.5) is 5.69 Å². The smallest absolute Gasteiger partial charge is 0.180 e. The van der Waals surface area contributed by atoms with Crippen LogP contribution in [0.15, 0.2) is 34.5 Å². The van der Waals surface area contributed by atoms with Crippen LogP contribution in [0.25, 0.3) is 0 Å². The topological polar surface area (TPSA) is 54.0 Å². The minimum atomic E-state index is 0.459. The first-order chi connectivity index (χ1) is 7.63. The minimum absolute atomic E-state index is 0.459. The lowest BCUT2D eigenvalue weighted by Crippen LogP contribution is -2.08. The van der Waals surface area contributed by atoms with Gasteiger partial charge in [-0.1, -0.05) is 23.9 Å². The van der Waals surface area contributed by atoms with E-state index in [4.69, 9.17) is 5.73 Å². The third-order valence-electron chi connectivity index (χ3n) is 1.98. The molecule has 0 fully saturated rings. The summed E-state index contributed by atoms with van der Waals surface area (Å²) in [6.45, 7) is 0. The van der Waals surface area contributed by atoms with E-state index in [0.717, 1.165) is 11.3 Å². The molecule has 16 heavy (non-hydrogen) atoms. The number of nitrogens with zero attached hydrogens (tertiary/aromatic N) is 3. The van der Waals surface area contributed by atoms with Crippen LogP contribution < -0.4 is 10.6 Å². The lowest BCUT2D eigenvalue weighted by Gasteiger charge is -2.11. The van der Waals surface area contributed by atoms with Gasteiger partial charge in [-0.3, -0.25) is 0 Å². The summed E-state index contributed by atoms with van der Waals surface area (Å²) in [4.78, 5) is 2.05. The molecule has 0 aliphatic rings. The monoisotopic (exact) mass is 236 g/mol. The average molecular weight is 236 g/mol. The summed E-state index contributed by atoms with van der Waals surface area (Å²) >= 11 is 1.37. The predicted molar refractivity (Wildman–Crippen MR) is 73.5 cm³/mol. The Labute approximate surface area is 100 Å². The summed E-state index contributed by atoms with van der Waals surface area (Å²) in [6.07, 6.45) is 3.54. The normalized spacial score (nSPS) is 12.1. The molecule has 0 saturated carbocycles. The molecule has 0 aliphatic heterocycles. The van der Waals surface area contributed by atoms with Crippen molar-refractivity contribution in [3.63, 3.8) is 0 Å². The van der Waals surface area contributed by atoms with E-state index in [2.05, 4.69) is 10.2 Å². The van der Waals surface area contributed by atoms with Crippen molar-refractivity contribution < 1.29 is 0 Å². The Bertz CT molecular complexity index is 381. The van der Waals surface area contributed by atoms with Crippen LogP contribution in [-0.2, 0) is 0 Å². The first-order valence-electron chi connectivity index (χ1n) is 4.81. The molecule has 1 rings (SSSR count). The van der Waals surface area contributed by atoms with Gasteiger partial charge in [0.15, 0.2) is 5.17 Å². The van der Waals surface area contributed by atoms with E-state index < -0.39 is 0 Å². The highest BCUT2D eigenvalue weighted by Gasteiger charge is 1.93. The Balaban J connectivity index is 2.69. The zero-order valence-electron chi connectivity index (χ0n) is 9.71. The van der Waals surface area contributed by atoms with Gasteiger partial charge in [0.25, 0.3) is 0 Å². The van der Waals surface area contributed by atoms with Gasteiger partial charge in [-0.15, -0.1) is 5.10 Å².